The lowest BCUT2D eigenvalue weighted by molar-refractivity contribution is -0.0697. The smallest absolute Gasteiger partial charge is 0.216 e. The van der Waals surface area contributed by atoms with Crippen molar-refractivity contribution in [2.45, 2.75) is 18.0 Å². The van der Waals surface area contributed by atoms with E-state index < -0.39 is 37.2 Å². The fourth-order valence-electron chi connectivity index (χ4n) is 1.95. The number of hydrogen-bond donors (Lipinski definition) is 0. The summed E-state index contributed by atoms with van der Waals surface area (Å²) in [6, 6.07) is 10.9. The van der Waals surface area contributed by atoms with Crippen molar-refractivity contribution in [1.29, 1.82) is 0 Å². The van der Waals surface area contributed by atoms with E-state index in [0.29, 0.717) is 5.56 Å². The molecule has 0 radical (unpaired) electrons. The first-order chi connectivity index (χ1) is 10.6. The summed E-state index contributed by atoms with van der Waals surface area (Å²) in [7, 11) is -4.89. The van der Waals surface area contributed by atoms with Gasteiger partial charge in [-0.1, -0.05) is 48.0 Å². The average Bonchev–Trinajstić information content (AvgIpc) is 2.47. The summed E-state index contributed by atoms with van der Waals surface area (Å²) >= 11 is 0. The molecule has 0 fully saturated rings. The Labute approximate surface area is 131 Å². The van der Waals surface area contributed by atoms with Crippen molar-refractivity contribution in [2.75, 3.05) is 0 Å². The summed E-state index contributed by atoms with van der Waals surface area (Å²) in [6.07, 6.45) is -5.15. The maximum absolute atomic E-state index is 14.4. The highest BCUT2D eigenvalue weighted by molar-refractivity contribution is 7.95. The molecule has 0 amide bonds. The summed E-state index contributed by atoms with van der Waals surface area (Å²) in [6.45, 7) is 1.67. The minimum absolute atomic E-state index is 0.529. The molecule has 0 unspecified atom stereocenters. The monoisotopic (exact) mass is 344 g/mol. The van der Waals surface area contributed by atoms with Gasteiger partial charge >= 0.3 is 6.18 Å². The summed E-state index contributed by atoms with van der Waals surface area (Å²) in [5.41, 5.74) is -1.65. The Morgan fingerprint density at radius 1 is 0.913 bits per heavy atom. The maximum atomic E-state index is 14.4. The number of allylic oxidation sites excluding steroid dienone is 1. The predicted octanol–water partition coefficient (Wildman–Crippen LogP) is 4.67. The van der Waals surface area contributed by atoms with Gasteiger partial charge in [0.1, 0.15) is 5.57 Å². The third-order valence-electron chi connectivity index (χ3n) is 3.11. The van der Waals surface area contributed by atoms with Gasteiger partial charge in [-0.3, -0.25) is 0 Å². The van der Waals surface area contributed by atoms with Gasteiger partial charge in [0.25, 0.3) is 0 Å². The topological polar surface area (TPSA) is 34.1 Å². The van der Waals surface area contributed by atoms with Crippen molar-refractivity contribution in [3.63, 3.8) is 0 Å². The minimum atomic E-state index is -5.15. The molecule has 7 heteroatoms. The fourth-order valence-corrected chi connectivity index (χ4v) is 3.15. The van der Waals surface area contributed by atoms with Crippen molar-refractivity contribution >= 4 is 15.4 Å². The van der Waals surface area contributed by atoms with E-state index >= 15 is 0 Å². The molecule has 23 heavy (non-hydrogen) atoms. The van der Waals surface area contributed by atoms with E-state index in [4.69, 9.17) is 0 Å². The zero-order chi connectivity index (χ0) is 17.3. The van der Waals surface area contributed by atoms with Gasteiger partial charge < -0.3 is 0 Å². The van der Waals surface area contributed by atoms with Crippen LogP contribution in [-0.2, 0) is 9.84 Å². The molecule has 0 N–H and O–H groups in total. The first-order valence-corrected chi connectivity index (χ1v) is 7.96. The van der Waals surface area contributed by atoms with Crippen LogP contribution in [0.25, 0.3) is 5.57 Å². The lowest BCUT2D eigenvalue weighted by Gasteiger charge is -2.14. The first-order valence-electron chi connectivity index (χ1n) is 6.48. The van der Waals surface area contributed by atoms with Crippen molar-refractivity contribution < 1.29 is 26.0 Å². The zero-order valence-electron chi connectivity index (χ0n) is 11.9. The maximum Gasteiger partial charge on any atom is 0.420 e. The minimum Gasteiger partial charge on any atom is -0.216 e. The van der Waals surface area contributed by atoms with Crippen molar-refractivity contribution in [3.05, 3.63) is 70.9 Å². The molecule has 122 valence electrons. The highest BCUT2D eigenvalue weighted by Gasteiger charge is 2.42. The van der Waals surface area contributed by atoms with Gasteiger partial charge in [-0.2, -0.15) is 17.6 Å². The van der Waals surface area contributed by atoms with Gasteiger partial charge in [-0.05, 0) is 24.6 Å². The molecule has 2 rings (SSSR count). The van der Waals surface area contributed by atoms with Gasteiger partial charge in [0.2, 0.25) is 15.0 Å². The first kappa shape index (κ1) is 17.2. The molecule has 0 aliphatic carbocycles. The third kappa shape index (κ3) is 3.61. The number of benzene rings is 2. The van der Waals surface area contributed by atoms with Crippen LogP contribution in [0.4, 0.5) is 17.6 Å². The molecular weight excluding hydrogens is 332 g/mol. The Morgan fingerprint density at radius 3 is 1.91 bits per heavy atom. The Hall–Kier alpha value is -2.15. The number of aryl methyl sites for hydroxylation is 1. The predicted molar refractivity (Wildman–Crippen MR) is 78.9 cm³/mol. The SMILES string of the molecule is Cc1ccc(S(=O)(=O)/C(F)=C(\c2ccccc2)C(F)(F)F)cc1. The third-order valence-corrected chi connectivity index (χ3v) is 4.68. The molecule has 2 aromatic rings. The molecule has 2 aromatic carbocycles. The van der Waals surface area contributed by atoms with Crippen LogP contribution in [0, 0.1) is 6.92 Å². The van der Waals surface area contributed by atoms with Gasteiger partial charge in [0.15, 0.2) is 0 Å². The van der Waals surface area contributed by atoms with Crippen molar-refractivity contribution in [3.8, 4) is 0 Å². The van der Waals surface area contributed by atoms with Crippen LogP contribution in [0.15, 0.2) is 64.7 Å². The molecule has 2 nitrogen and oxygen atoms in total. The van der Waals surface area contributed by atoms with Crippen LogP contribution < -0.4 is 0 Å². The fraction of sp³-hybridized carbons (Fsp3) is 0.125. The normalized spacial score (nSPS) is 13.6. The Morgan fingerprint density at radius 2 is 1.43 bits per heavy atom. The van der Waals surface area contributed by atoms with Gasteiger partial charge in [-0.25, -0.2) is 8.42 Å². The second-order valence-electron chi connectivity index (χ2n) is 4.83. The number of alkyl halides is 3. The van der Waals surface area contributed by atoms with E-state index in [2.05, 4.69) is 0 Å². The quantitative estimate of drug-likeness (QED) is 0.759. The van der Waals surface area contributed by atoms with Gasteiger partial charge in [-0.15, -0.1) is 0 Å². The van der Waals surface area contributed by atoms with E-state index in [-0.39, 0.29) is 0 Å². The summed E-state index contributed by atoms with van der Waals surface area (Å²) in [5, 5.41) is -2.21. The van der Waals surface area contributed by atoms with E-state index in [0.717, 1.165) is 24.3 Å². The molecular formula is C16H12F4O2S. The van der Waals surface area contributed by atoms with Gasteiger partial charge in [0.05, 0.1) is 4.90 Å². The van der Waals surface area contributed by atoms with Crippen LogP contribution in [0.3, 0.4) is 0 Å². The molecule has 0 spiro atoms. The second kappa shape index (κ2) is 6.16. The summed E-state index contributed by atoms with van der Waals surface area (Å²) in [4.78, 5) is -0.529. The van der Waals surface area contributed by atoms with Crippen LogP contribution >= 0.6 is 0 Å². The van der Waals surface area contributed by atoms with Crippen LogP contribution in [0.2, 0.25) is 0 Å². The number of halogens is 4. The Balaban J connectivity index is 2.70. The van der Waals surface area contributed by atoms with Gasteiger partial charge in [0, 0.05) is 0 Å². The molecule has 0 saturated heterocycles. The number of sulfone groups is 1. The molecule has 0 aromatic heterocycles. The van der Waals surface area contributed by atoms with Crippen molar-refractivity contribution in [2.24, 2.45) is 0 Å². The average molecular weight is 344 g/mol. The molecule has 0 heterocycles. The second-order valence-corrected chi connectivity index (χ2v) is 6.67. The molecule has 0 bridgehead atoms. The number of rotatable bonds is 3. The Kier molecular flexibility index (Phi) is 4.61. The molecule has 0 saturated carbocycles. The summed E-state index contributed by atoms with van der Waals surface area (Å²) < 4.78 is 78.3. The molecule has 0 atom stereocenters. The van der Waals surface area contributed by atoms with E-state index in [9.17, 15) is 26.0 Å². The van der Waals surface area contributed by atoms with Crippen LogP contribution in [-0.4, -0.2) is 14.6 Å². The molecule has 0 aliphatic heterocycles. The standard InChI is InChI=1S/C16H12F4O2S/c1-11-7-9-13(10-8-11)23(21,22)15(17)14(16(18,19)20)12-5-3-2-4-6-12/h2-10H,1H3/b15-14+. The highest BCUT2D eigenvalue weighted by atomic mass is 32.2. The lowest BCUT2D eigenvalue weighted by Crippen LogP contribution is -2.16. The molecule has 0 aliphatic rings. The van der Waals surface area contributed by atoms with Crippen LogP contribution in [0.5, 0.6) is 0 Å². The summed E-state index contributed by atoms with van der Waals surface area (Å²) in [5.74, 6) is 0. The van der Waals surface area contributed by atoms with E-state index in [1.54, 1.807) is 6.92 Å². The van der Waals surface area contributed by atoms with E-state index in [1.165, 1.54) is 30.3 Å². The largest absolute Gasteiger partial charge is 0.420 e. The number of hydrogen-bond acceptors (Lipinski definition) is 2. The zero-order valence-corrected chi connectivity index (χ0v) is 12.7. The van der Waals surface area contributed by atoms with E-state index in [1.807, 2.05) is 0 Å². The lowest BCUT2D eigenvalue weighted by atomic mass is 10.1. The Bertz CT molecular complexity index is 821. The highest BCUT2D eigenvalue weighted by Crippen LogP contribution is 2.40. The van der Waals surface area contributed by atoms with Crippen molar-refractivity contribution in [1.82, 2.24) is 0 Å². The van der Waals surface area contributed by atoms with Crippen LogP contribution in [0.1, 0.15) is 11.1 Å².